The zero-order chi connectivity index (χ0) is 23.8. The zero-order valence-corrected chi connectivity index (χ0v) is 19.3. The molecule has 7 rings (SSSR count). The minimum absolute atomic E-state index is 0.0556. The highest BCUT2D eigenvalue weighted by Crippen LogP contribution is 2.48. The number of hydrogen-bond acceptors (Lipinski definition) is 3. The standard InChI is InChI=1S/C26H29F3N2O3/c1-15-19-12-18(17-2-3-17)13-20(26(27,28)29)23(19)34-22(15)24(33)30-10-11-31(21(32)14-30)25-7-4-16(5-8-25)6-9-25/h12-13,16-17H,2-11,14H2,1H3. The molecular weight excluding hydrogens is 445 g/mol. The van der Waals surface area contributed by atoms with Crippen LogP contribution in [0.1, 0.15) is 84.5 Å². The van der Waals surface area contributed by atoms with Crippen LogP contribution in [0.5, 0.6) is 0 Å². The quantitative estimate of drug-likeness (QED) is 0.578. The first-order valence-corrected chi connectivity index (χ1v) is 12.4. The van der Waals surface area contributed by atoms with Gasteiger partial charge in [0.15, 0.2) is 5.76 Å². The molecule has 2 bridgehead atoms. The minimum atomic E-state index is -4.58. The number of amides is 2. The second-order valence-electron chi connectivity index (χ2n) is 10.8. The molecular formula is C26H29F3N2O3. The lowest BCUT2D eigenvalue weighted by Crippen LogP contribution is -2.63. The molecule has 2 aromatic rings. The van der Waals surface area contributed by atoms with Gasteiger partial charge in [0, 0.05) is 29.6 Å². The largest absolute Gasteiger partial charge is 0.450 e. The van der Waals surface area contributed by atoms with Crippen LogP contribution in [-0.2, 0) is 11.0 Å². The molecule has 1 aliphatic heterocycles. The van der Waals surface area contributed by atoms with Crippen molar-refractivity contribution in [3.05, 3.63) is 34.6 Å². The van der Waals surface area contributed by atoms with E-state index < -0.39 is 17.6 Å². The molecule has 0 unspecified atom stereocenters. The summed E-state index contributed by atoms with van der Waals surface area (Å²) >= 11 is 0. The topological polar surface area (TPSA) is 53.8 Å². The molecule has 5 fully saturated rings. The van der Waals surface area contributed by atoms with Crippen molar-refractivity contribution < 1.29 is 27.2 Å². The van der Waals surface area contributed by atoms with Gasteiger partial charge in [0.2, 0.25) is 5.91 Å². The van der Waals surface area contributed by atoms with E-state index in [0.717, 1.165) is 63.4 Å². The number of carbonyl (C=O) groups excluding carboxylic acids is 2. The Labute approximate surface area is 196 Å². The monoisotopic (exact) mass is 474 g/mol. The molecule has 0 radical (unpaired) electrons. The number of hydrogen-bond donors (Lipinski definition) is 0. The molecule has 1 aromatic carbocycles. The Hall–Kier alpha value is -2.51. The first kappa shape index (κ1) is 22.0. The summed E-state index contributed by atoms with van der Waals surface area (Å²) in [5, 5.41) is 0.336. The van der Waals surface area contributed by atoms with Crippen molar-refractivity contribution >= 4 is 22.8 Å². The predicted molar refractivity (Wildman–Crippen MR) is 119 cm³/mol. The molecule has 182 valence electrons. The van der Waals surface area contributed by atoms with Gasteiger partial charge in [-0.2, -0.15) is 13.2 Å². The average molecular weight is 475 g/mol. The summed E-state index contributed by atoms with van der Waals surface area (Å²) in [6, 6.07) is 2.90. The highest BCUT2D eigenvalue weighted by molar-refractivity contribution is 6.01. The first-order chi connectivity index (χ1) is 16.2. The van der Waals surface area contributed by atoms with Crippen molar-refractivity contribution in [2.75, 3.05) is 19.6 Å². The molecule has 4 aliphatic carbocycles. The fourth-order valence-electron chi connectivity index (χ4n) is 6.53. The number of nitrogens with zero attached hydrogens (tertiary/aromatic N) is 2. The van der Waals surface area contributed by atoms with Crippen molar-refractivity contribution in [2.45, 2.75) is 75.9 Å². The van der Waals surface area contributed by atoms with Gasteiger partial charge in [0.05, 0.1) is 5.56 Å². The molecule has 1 aromatic heterocycles. The van der Waals surface area contributed by atoms with Gasteiger partial charge in [0.1, 0.15) is 12.1 Å². The van der Waals surface area contributed by atoms with E-state index in [-0.39, 0.29) is 35.3 Å². The normalized spacial score (nSPS) is 27.6. The van der Waals surface area contributed by atoms with Gasteiger partial charge in [-0.05, 0) is 87.8 Å². The Balaban J connectivity index is 1.28. The number of fused-ring (bicyclic) bond motifs is 4. The first-order valence-electron chi connectivity index (χ1n) is 12.4. The second kappa shape index (κ2) is 7.49. The van der Waals surface area contributed by atoms with Crippen LogP contribution in [0.25, 0.3) is 11.0 Å². The summed E-state index contributed by atoms with van der Waals surface area (Å²) in [5.41, 5.74) is -0.139. The molecule has 34 heavy (non-hydrogen) atoms. The summed E-state index contributed by atoms with van der Waals surface area (Å²) in [5.74, 6) is 0.260. The predicted octanol–water partition coefficient (Wildman–Crippen LogP) is 5.64. The number of carbonyl (C=O) groups is 2. The molecule has 0 N–H and O–H groups in total. The number of halogens is 3. The fraction of sp³-hybridized carbons (Fsp3) is 0.615. The summed E-state index contributed by atoms with van der Waals surface area (Å²) in [6.07, 6.45) is 3.75. The van der Waals surface area contributed by atoms with Crippen LogP contribution in [0.3, 0.4) is 0 Å². The Morgan fingerprint density at radius 2 is 1.74 bits per heavy atom. The van der Waals surface area contributed by atoms with E-state index in [4.69, 9.17) is 4.42 Å². The molecule has 4 saturated carbocycles. The summed E-state index contributed by atoms with van der Waals surface area (Å²) in [4.78, 5) is 29.9. The van der Waals surface area contributed by atoms with E-state index in [1.165, 1.54) is 4.90 Å². The maximum absolute atomic E-state index is 13.8. The van der Waals surface area contributed by atoms with Crippen molar-refractivity contribution in [1.82, 2.24) is 9.80 Å². The number of furan rings is 1. The van der Waals surface area contributed by atoms with Crippen molar-refractivity contribution in [2.24, 2.45) is 5.92 Å². The van der Waals surface area contributed by atoms with Crippen LogP contribution in [0.4, 0.5) is 13.2 Å². The smallest absolute Gasteiger partial charge is 0.420 e. The third-order valence-corrected chi connectivity index (χ3v) is 8.74. The maximum Gasteiger partial charge on any atom is 0.420 e. The number of piperazine rings is 1. The van der Waals surface area contributed by atoms with Crippen LogP contribution in [0.15, 0.2) is 16.5 Å². The summed E-state index contributed by atoms with van der Waals surface area (Å²) < 4.78 is 47.1. The highest BCUT2D eigenvalue weighted by Gasteiger charge is 2.48. The van der Waals surface area contributed by atoms with E-state index >= 15 is 0 Å². The van der Waals surface area contributed by atoms with Gasteiger partial charge >= 0.3 is 6.18 Å². The number of benzene rings is 1. The number of aryl methyl sites for hydroxylation is 1. The molecule has 2 heterocycles. The van der Waals surface area contributed by atoms with Crippen LogP contribution in [-0.4, -0.2) is 46.8 Å². The van der Waals surface area contributed by atoms with Gasteiger partial charge in [-0.1, -0.05) is 0 Å². The summed E-state index contributed by atoms with van der Waals surface area (Å²) in [7, 11) is 0. The molecule has 0 spiro atoms. The van der Waals surface area contributed by atoms with E-state index in [1.54, 1.807) is 13.0 Å². The molecule has 8 heteroatoms. The van der Waals surface area contributed by atoms with Gasteiger partial charge in [-0.3, -0.25) is 9.59 Å². The number of rotatable bonds is 3. The van der Waals surface area contributed by atoms with Crippen LogP contribution in [0, 0.1) is 12.8 Å². The summed E-state index contributed by atoms with van der Waals surface area (Å²) in [6.45, 7) is 2.41. The lowest BCUT2D eigenvalue weighted by molar-refractivity contribution is -0.147. The van der Waals surface area contributed by atoms with Gasteiger partial charge < -0.3 is 14.2 Å². The maximum atomic E-state index is 13.8. The lowest BCUT2D eigenvalue weighted by atomic mass is 9.65. The van der Waals surface area contributed by atoms with E-state index in [1.807, 2.05) is 4.90 Å². The van der Waals surface area contributed by atoms with Crippen molar-refractivity contribution in [1.29, 1.82) is 0 Å². The SMILES string of the molecule is Cc1c(C(=O)N2CCN(C34CCC(CC3)CC4)C(=O)C2)oc2c(C(F)(F)F)cc(C3CC3)cc12. The highest BCUT2D eigenvalue weighted by atomic mass is 19.4. The Bertz CT molecular complexity index is 1160. The fourth-order valence-corrected chi connectivity index (χ4v) is 6.53. The van der Waals surface area contributed by atoms with Gasteiger partial charge in [-0.15, -0.1) is 0 Å². The Morgan fingerprint density at radius 1 is 1.06 bits per heavy atom. The van der Waals surface area contributed by atoms with Crippen molar-refractivity contribution in [3.8, 4) is 0 Å². The third kappa shape index (κ3) is 3.43. The second-order valence-corrected chi connectivity index (χ2v) is 10.8. The minimum Gasteiger partial charge on any atom is -0.450 e. The van der Waals surface area contributed by atoms with Crippen LogP contribution in [0.2, 0.25) is 0 Å². The van der Waals surface area contributed by atoms with E-state index in [0.29, 0.717) is 29.6 Å². The van der Waals surface area contributed by atoms with Gasteiger partial charge in [0.25, 0.3) is 5.91 Å². The third-order valence-electron chi connectivity index (χ3n) is 8.74. The van der Waals surface area contributed by atoms with E-state index in [9.17, 15) is 22.8 Å². The van der Waals surface area contributed by atoms with E-state index in [2.05, 4.69) is 0 Å². The number of alkyl halides is 3. The zero-order valence-electron chi connectivity index (χ0n) is 19.3. The average Bonchev–Trinajstić information content (AvgIpc) is 3.62. The molecule has 0 atom stereocenters. The Morgan fingerprint density at radius 3 is 2.32 bits per heavy atom. The van der Waals surface area contributed by atoms with Crippen LogP contribution >= 0.6 is 0 Å². The molecule has 5 nitrogen and oxygen atoms in total. The Kier molecular flexibility index (Phi) is 4.84. The molecule has 5 aliphatic rings. The van der Waals surface area contributed by atoms with Crippen molar-refractivity contribution in [3.63, 3.8) is 0 Å². The van der Waals surface area contributed by atoms with Crippen LogP contribution < -0.4 is 0 Å². The van der Waals surface area contributed by atoms with Gasteiger partial charge in [-0.25, -0.2) is 0 Å². The lowest BCUT2D eigenvalue weighted by Gasteiger charge is -2.54. The molecule has 1 saturated heterocycles. The molecule has 2 amide bonds.